The number of carbonyl (C=O) groups excluding carboxylic acids is 1. The van der Waals surface area contributed by atoms with Gasteiger partial charge >= 0.3 is 5.97 Å². The zero-order chi connectivity index (χ0) is 13.1. The van der Waals surface area contributed by atoms with Crippen LogP contribution in [0.4, 0.5) is 0 Å². The first-order valence-corrected chi connectivity index (χ1v) is 6.37. The third kappa shape index (κ3) is 2.43. The van der Waals surface area contributed by atoms with E-state index in [4.69, 9.17) is 4.74 Å². The lowest BCUT2D eigenvalue weighted by atomic mass is 9.96. The molecule has 0 aromatic heterocycles. The van der Waals surface area contributed by atoms with Gasteiger partial charge in [0.15, 0.2) is 0 Å². The van der Waals surface area contributed by atoms with E-state index < -0.39 is 0 Å². The topological polar surface area (TPSA) is 26.3 Å². The number of fused-ring (bicyclic) bond motifs is 1. The van der Waals surface area contributed by atoms with Crippen LogP contribution in [-0.4, -0.2) is 5.97 Å². The molecule has 0 saturated heterocycles. The van der Waals surface area contributed by atoms with Gasteiger partial charge in [0.25, 0.3) is 0 Å². The minimum Gasteiger partial charge on any atom is -0.423 e. The van der Waals surface area contributed by atoms with E-state index in [2.05, 4.69) is 18.2 Å². The minimum atomic E-state index is -0.302. The zero-order valence-electron chi connectivity index (χ0n) is 10.5. The molecule has 2 aromatic rings. The van der Waals surface area contributed by atoms with Gasteiger partial charge < -0.3 is 4.74 Å². The van der Waals surface area contributed by atoms with Gasteiger partial charge in [-0.05, 0) is 36.6 Å². The fourth-order valence-electron chi connectivity index (χ4n) is 2.27. The molecule has 0 fully saturated rings. The number of rotatable bonds is 2. The maximum atomic E-state index is 12.1. The van der Waals surface area contributed by atoms with Crippen LogP contribution in [-0.2, 0) is 12.8 Å². The van der Waals surface area contributed by atoms with Crippen molar-refractivity contribution in [1.29, 1.82) is 0 Å². The van der Waals surface area contributed by atoms with E-state index in [0.29, 0.717) is 11.3 Å². The first-order valence-electron chi connectivity index (χ1n) is 6.37. The van der Waals surface area contributed by atoms with Crippen molar-refractivity contribution in [3.63, 3.8) is 0 Å². The molecule has 0 aliphatic heterocycles. The number of esters is 1. The van der Waals surface area contributed by atoms with Gasteiger partial charge in [-0.3, -0.25) is 0 Å². The number of benzene rings is 2. The molecule has 0 unspecified atom stereocenters. The predicted molar refractivity (Wildman–Crippen MR) is 74.4 cm³/mol. The Bertz CT molecular complexity index is 627. The van der Waals surface area contributed by atoms with Gasteiger partial charge in [-0.25, -0.2) is 4.79 Å². The van der Waals surface area contributed by atoms with E-state index in [1.807, 2.05) is 30.3 Å². The van der Waals surface area contributed by atoms with Crippen molar-refractivity contribution < 1.29 is 9.53 Å². The van der Waals surface area contributed by atoms with Crippen molar-refractivity contribution in [1.82, 2.24) is 0 Å². The molecule has 1 aliphatic carbocycles. The quantitative estimate of drug-likeness (QED) is 0.463. The summed E-state index contributed by atoms with van der Waals surface area (Å²) in [5.41, 5.74) is 2.93. The molecular weight excluding hydrogens is 236 g/mol. The molecule has 19 heavy (non-hydrogen) atoms. The largest absolute Gasteiger partial charge is 0.423 e. The van der Waals surface area contributed by atoms with Crippen LogP contribution in [0.1, 0.15) is 21.5 Å². The maximum Gasteiger partial charge on any atom is 0.343 e. The molecule has 0 atom stereocenters. The first-order chi connectivity index (χ1) is 9.34. The molecule has 94 valence electrons. The van der Waals surface area contributed by atoms with Gasteiger partial charge in [0, 0.05) is 5.56 Å². The van der Waals surface area contributed by atoms with Crippen molar-refractivity contribution in [2.24, 2.45) is 0 Å². The number of hydrogen-bond acceptors (Lipinski definition) is 2. The number of ether oxygens (including phenoxy) is 1. The van der Waals surface area contributed by atoms with Crippen LogP contribution < -0.4 is 4.74 Å². The van der Waals surface area contributed by atoms with Gasteiger partial charge in [-0.2, -0.15) is 0 Å². The molecule has 0 bridgehead atoms. The summed E-state index contributed by atoms with van der Waals surface area (Å²) >= 11 is 0. The van der Waals surface area contributed by atoms with Crippen LogP contribution in [0, 0.1) is 0 Å². The Hall–Kier alpha value is -2.35. The average Bonchev–Trinajstić information content (AvgIpc) is 2.48. The van der Waals surface area contributed by atoms with Crippen LogP contribution in [0.5, 0.6) is 5.75 Å². The van der Waals surface area contributed by atoms with Crippen molar-refractivity contribution in [2.75, 3.05) is 0 Å². The second-order valence-electron chi connectivity index (χ2n) is 4.53. The normalized spacial score (nSPS) is 12.8. The van der Waals surface area contributed by atoms with Crippen LogP contribution in [0.3, 0.4) is 0 Å². The molecule has 3 rings (SSSR count). The van der Waals surface area contributed by atoms with Crippen molar-refractivity contribution in [2.45, 2.75) is 12.8 Å². The smallest absolute Gasteiger partial charge is 0.343 e. The lowest BCUT2D eigenvalue weighted by molar-refractivity contribution is 0.0733. The summed E-state index contributed by atoms with van der Waals surface area (Å²) in [4.78, 5) is 12.1. The van der Waals surface area contributed by atoms with Gasteiger partial charge in [-0.15, -0.1) is 0 Å². The average molecular weight is 250 g/mol. The Kier molecular flexibility index (Phi) is 3.15. The van der Waals surface area contributed by atoms with Crippen molar-refractivity contribution >= 4 is 5.97 Å². The Morgan fingerprint density at radius 2 is 1.68 bits per heavy atom. The molecule has 0 N–H and O–H groups in total. The molecule has 0 amide bonds. The van der Waals surface area contributed by atoms with E-state index in [9.17, 15) is 4.79 Å². The Balaban J connectivity index is 1.87. The van der Waals surface area contributed by atoms with E-state index >= 15 is 0 Å². The highest BCUT2D eigenvalue weighted by Gasteiger charge is 2.14. The van der Waals surface area contributed by atoms with Gasteiger partial charge in [0.05, 0.1) is 5.56 Å². The van der Waals surface area contributed by atoms with Crippen LogP contribution in [0.2, 0.25) is 0 Å². The minimum absolute atomic E-state index is 0.302. The number of carbonyl (C=O) groups is 1. The predicted octanol–water partition coefficient (Wildman–Crippen LogP) is 3.56. The summed E-state index contributed by atoms with van der Waals surface area (Å²) < 4.78 is 5.53. The van der Waals surface area contributed by atoms with Crippen LogP contribution in [0.15, 0.2) is 60.7 Å². The van der Waals surface area contributed by atoms with Crippen molar-refractivity contribution in [3.05, 3.63) is 77.4 Å². The summed E-state index contributed by atoms with van der Waals surface area (Å²) in [7, 11) is 0. The fraction of sp³-hybridized carbons (Fsp3) is 0.118. The summed E-state index contributed by atoms with van der Waals surface area (Å²) in [5.74, 6) is 0.374. The molecule has 0 spiro atoms. The third-order valence-corrected chi connectivity index (χ3v) is 3.27. The molecule has 2 heteroatoms. The highest BCUT2D eigenvalue weighted by molar-refractivity contribution is 5.91. The molecule has 0 heterocycles. The highest BCUT2D eigenvalue weighted by atomic mass is 16.5. The monoisotopic (exact) mass is 250 g/mol. The SMILES string of the molecule is O=C(Oc1cccc2c1CC=CC2)c1ccccc1. The van der Waals surface area contributed by atoms with Crippen LogP contribution in [0.25, 0.3) is 0 Å². The number of hydrogen-bond donors (Lipinski definition) is 0. The standard InChI is InChI=1S/C17H14O2/c18-17(14-8-2-1-3-9-14)19-16-12-6-10-13-7-4-5-11-15(13)16/h1-6,8-10,12H,7,11H2. The molecule has 0 radical (unpaired) electrons. The number of allylic oxidation sites excluding steroid dienone is 2. The Morgan fingerprint density at radius 3 is 2.53 bits per heavy atom. The second-order valence-corrected chi connectivity index (χ2v) is 4.53. The first kappa shape index (κ1) is 11.7. The Morgan fingerprint density at radius 1 is 0.895 bits per heavy atom. The highest BCUT2D eigenvalue weighted by Crippen LogP contribution is 2.27. The van der Waals surface area contributed by atoms with E-state index in [1.54, 1.807) is 12.1 Å². The second kappa shape index (κ2) is 5.11. The molecule has 0 saturated carbocycles. The van der Waals surface area contributed by atoms with E-state index in [-0.39, 0.29) is 5.97 Å². The zero-order valence-corrected chi connectivity index (χ0v) is 10.5. The molecular formula is C17H14O2. The fourth-order valence-corrected chi connectivity index (χ4v) is 2.27. The summed E-state index contributed by atoms with van der Waals surface area (Å²) in [6.07, 6.45) is 5.99. The Labute approximate surface area is 112 Å². The summed E-state index contributed by atoms with van der Waals surface area (Å²) in [5, 5.41) is 0. The van der Waals surface area contributed by atoms with Gasteiger partial charge in [0.1, 0.15) is 5.75 Å². The maximum absolute atomic E-state index is 12.1. The van der Waals surface area contributed by atoms with Crippen molar-refractivity contribution in [3.8, 4) is 5.75 Å². The lowest BCUT2D eigenvalue weighted by Gasteiger charge is -2.15. The van der Waals surface area contributed by atoms with Crippen LogP contribution >= 0.6 is 0 Å². The van der Waals surface area contributed by atoms with Gasteiger partial charge in [0.2, 0.25) is 0 Å². The van der Waals surface area contributed by atoms with E-state index in [0.717, 1.165) is 18.4 Å². The molecule has 1 aliphatic rings. The molecule has 2 nitrogen and oxygen atoms in total. The van der Waals surface area contributed by atoms with Gasteiger partial charge in [-0.1, -0.05) is 42.5 Å². The third-order valence-electron chi connectivity index (χ3n) is 3.27. The molecule has 2 aromatic carbocycles. The van der Waals surface area contributed by atoms with E-state index in [1.165, 1.54) is 5.56 Å². The summed E-state index contributed by atoms with van der Waals surface area (Å²) in [6.45, 7) is 0. The summed E-state index contributed by atoms with van der Waals surface area (Å²) in [6, 6.07) is 14.9. The lowest BCUT2D eigenvalue weighted by Crippen LogP contribution is -2.11.